The molecule has 22 heavy (non-hydrogen) atoms. The Morgan fingerprint density at radius 1 is 1.32 bits per heavy atom. The average Bonchev–Trinajstić information content (AvgIpc) is 3.27. The molecule has 2 aliphatic rings. The fourth-order valence-corrected chi connectivity index (χ4v) is 3.40. The van der Waals surface area contributed by atoms with E-state index >= 15 is 0 Å². The molecular weight excluding hydrogens is 329 g/mol. The van der Waals surface area contributed by atoms with Crippen molar-refractivity contribution in [3.8, 4) is 0 Å². The smallest absolute Gasteiger partial charge is 0.334 e. The summed E-state index contributed by atoms with van der Waals surface area (Å²) in [6.45, 7) is 0.785. The number of halogens is 2. The molecule has 0 bridgehead atoms. The number of ether oxygens (including phenoxy) is 1. The Kier molecular flexibility index (Phi) is 4.30. The molecule has 3 atom stereocenters. The van der Waals surface area contributed by atoms with Crippen LogP contribution in [0.2, 0.25) is 10.0 Å². The maximum Gasteiger partial charge on any atom is 0.334 e. The summed E-state index contributed by atoms with van der Waals surface area (Å²) >= 11 is 12.1. The van der Waals surface area contributed by atoms with Crippen LogP contribution in [0.5, 0.6) is 0 Å². The standard InChI is InChI=1S/C15H15Cl2NO4/c16-8-1-2-9(12(17)5-8)10-6-11(10)14(19)18-3-4-22-13(7-18)15(20)21/h1-2,5,10-11,13H,3-4,6-7H2,(H,20,21)/t10-,11+,13-/m0/s1. The fraction of sp³-hybridized carbons (Fsp3) is 0.467. The van der Waals surface area contributed by atoms with E-state index in [4.69, 9.17) is 33.0 Å². The highest BCUT2D eigenvalue weighted by Crippen LogP contribution is 2.50. The lowest BCUT2D eigenvalue weighted by Crippen LogP contribution is -2.49. The van der Waals surface area contributed by atoms with Gasteiger partial charge in [-0.05, 0) is 30.0 Å². The molecule has 1 heterocycles. The Morgan fingerprint density at radius 3 is 2.77 bits per heavy atom. The summed E-state index contributed by atoms with van der Waals surface area (Å²) in [6.07, 6.45) is -0.205. The second-order valence-electron chi connectivity index (χ2n) is 5.60. The Bertz CT molecular complexity index is 622. The highest BCUT2D eigenvalue weighted by Gasteiger charge is 2.47. The summed E-state index contributed by atoms with van der Waals surface area (Å²) in [7, 11) is 0. The molecule has 118 valence electrons. The van der Waals surface area contributed by atoms with E-state index in [2.05, 4.69) is 0 Å². The maximum absolute atomic E-state index is 12.5. The van der Waals surface area contributed by atoms with Gasteiger partial charge in [0, 0.05) is 22.5 Å². The third kappa shape index (κ3) is 3.07. The minimum atomic E-state index is -1.04. The van der Waals surface area contributed by atoms with Crippen molar-refractivity contribution in [1.29, 1.82) is 0 Å². The van der Waals surface area contributed by atoms with Crippen molar-refractivity contribution in [1.82, 2.24) is 4.90 Å². The maximum atomic E-state index is 12.5. The lowest BCUT2D eigenvalue weighted by Gasteiger charge is -2.31. The predicted octanol–water partition coefficient (Wildman–Crippen LogP) is 2.41. The summed E-state index contributed by atoms with van der Waals surface area (Å²) in [4.78, 5) is 25.1. The lowest BCUT2D eigenvalue weighted by atomic mass is 10.1. The van der Waals surface area contributed by atoms with E-state index < -0.39 is 12.1 Å². The Labute approximate surface area is 137 Å². The average molecular weight is 344 g/mol. The molecule has 1 aliphatic heterocycles. The first kappa shape index (κ1) is 15.6. The molecule has 3 rings (SSSR count). The van der Waals surface area contributed by atoms with Gasteiger partial charge in [-0.3, -0.25) is 4.79 Å². The number of carboxylic acid groups (broad SMARTS) is 1. The van der Waals surface area contributed by atoms with Gasteiger partial charge in [0.1, 0.15) is 0 Å². The SMILES string of the molecule is O=C(O)[C@@H]1CN(C(=O)[C@@H]2C[C@H]2c2ccc(Cl)cc2Cl)CCO1. The van der Waals surface area contributed by atoms with E-state index in [0.29, 0.717) is 16.6 Å². The van der Waals surface area contributed by atoms with Crippen molar-refractivity contribution in [2.24, 2.45) is 5.92 Å². The first-order chi connectivity index (χ1) is 10.5. The van der Waals surface area contributed by atoms with Crippen LogP contribution in [0, 0.1) is 5.92 Å². The van der Waals surface area contributed by atoms with Gasteiger partial charge in [0.25, 0.3) is 0 Å². The van der Waals surface area contributed by atoms with Crippen LogP contribution in [0.15, 0.2) is 18.2 Å². The number of hydrogen-bond donors (Lipinski definition) is 1. The number of rotatable bonds is 3. The second-order valence-corrected chi connectivity index (χ2v) is 6.44. The van der Waals surface area contributed by atoms with E-state index in [0.717, 1.165) is 12.0 Å². The minimum Gasteiger partial charge on any atom is -0.479 e. The number of aliphatic carboxylic acids is 1. The highest BCUT2D eigenvalue weighted by molar-refractivity contribution is 6.35. The normalized spacial score (nSPS) is 27.5. The van der Waals surface area contributed by atoms with Gasteiger partial charge in [-0.15, -0.1) is 0 Å². The van der Waals surface area contributed by atoms with Gasteiger partial charge in [0.2, 0.25) is 5.91 Å². The molecule has 1 aromatic rings. The van der Waals surface area contributed by atoms with Crippen LogP contribution < -0.4 is 0 Å². The van der Waals surface area contributed by atoms with Crippen molar-refractivity contribution in [3.63, 3.8) is 0 Å². The van der Waals surface area contributed by atoms with Crippen LogP contribution >= 0.6 is 23.2 Å². The monoisotopic (exact) mass is 343 g/mol. The summed E-state index contributed by atoms with van der Waals surface area (Å²) < 4.78 is 5.13. The molecule has 0 unspecified atom stereocenters. The van der Waals surface area contributed by atoms with E-state index in [1.54, 1.807) is 17.0 Å². The Morgan fingerprint density at radius 2 is 2.09 bits per heavy atom. The fourth-order valence-electron chi connectivity index (χ4n) is 2.85. The zero-order chi connectivity index (χ0) is 15.9. The molecule has 1 N–H and O–H groups in total. The summed E-state index contributed by atoms with van der Waals surface area (Å²) in [5, 5.41) is 10.1. The van der Waals surface area contributed by atoms with Gasteiger partial charge in [-0.2, -0.15) is 0 Å². The number of morpholine rings is 1. The van der Waals surface area contributed by atoms with Gasteiger partial charge < -0.3 is 14.7 Å². The van der Waals surface area contributed by atoms with Crippen molar-refractivity contribution >= 4 is 35.1 Å². The molecule has 7 heteroatoms. The van der Waals surface area contributed by atoms with Gasteiger partial charge in [0.05, 0.1) is 13.2 Å². The van der Waals surface area contributed by atoms with Crippen LogP contribution in [0.3, 0.4) is 0 Å². The van der Waals surface area contributed by atoms with Gasteiger partial charge in [-0.1, -0.05) is 29.3 Å². The number of nitrogens with zero attached hydrogens (tertiary/aromatic N) is 1. The van der Waals surface area contributed by atoms with Crippen LogP contribution in [0.25, 0.3) is 0 Å². The van der Waals surface area contributed by atoms with Crippen LogP contribution in [-0.4, -0.2) is 47.7 Å². The summed E-state index contributed by atoms with van der Waals surface area (Å²) in [6, 6.07) is 5.29. The van der Waals surface area contributed by atoms with Crippen LogP contribution in [0.4, 0.5) is 0 Å². The first-order valence-corrected chi connectivity index (χ1v) is 7.81. The number of benzene rings is 1. The molecule has 0 radical (unpaired) electrons. The molecule has 2 fully saturated rings. The predicted molar refractivity (Wildman–Crippen MR) is 81.3 cm³/mol. The highest BCUT2D eigenvalue weighted by atomic mass is 35.5. The number of carboxylic acids is 1. The third-order valence-electron chi connectivity index (χ3n) is 4.12. The zero-order valence-electron chi connectivity index (χ0n) is 11.7. The molecule has 1 saturated carbocycles. The van der Waals surface area contributed by atoms with E-state index in [-0.39, 0.29) is 30.9 Å². The molecule has 1 amide bonds. The van der Waals surface area contributed by atoms with Gasteiger partial charge in [0.15, 0.2) is 6.10 Å². The van der Waals surface area contributed by atoms with Crippen molar-refractivity contribution < 1.29 is 19.4 Å². The van der Waals surface area contributed by atoms with Crippen molar-refractivity contribution in [2.45, 2.75) is 18.4 Å². The quantitative estimate of drug-likeness (QED) is 0.915. The van der Waals surface area contributed by atoms with Crippen molar-refractivity contribution in [2.75, 3.05) is 19.7 Å². The Balaban J connectivity index is 1.66. The lowest BCUT2D eigenvalue weighted by molar-refractivity contribution is -0.159. The molecular formula is C15H15Cl2NO4. The zero-order valence-corrected chi connectivity index (χ0v) is 13.2. The van der Waals surface area contributed by atoms with Crippen LogP contribution in [-0.2, 0) is 14.3 Å². The molecule has 0 spiro atoms. The van der Waals surface area contributed by atoms with Crippen molar-refractivity contribution in [3.05, 3.63) is 33.8 Å². The van der Waals surface area contributed by atoms with E-state index in [1.807, 2.05) is 6.07 Å². The van der Waals surface area contributed by atoms with E-state index in [9.17, 15) is 9.59 Å². The number of carbonyl (C=O) groups is 2. The van der Waals surface area contributed by atoms with Crippen LogP contribution in [0.1, 0.15) is 17.9 Å². The summed E-state index contributed by atoms with van der Waals surface area (Å²) in [5.41, 5.74) is 0.924. The number of hydrogen-bond acceptors (Lipinski definition) is 3. The van der Waals surface area contributed by atoms with Gasteiger partial charge in [-0.25, -0.2) is 4.79 Å². The summed E-state index contributed by atoms with van der Waals surface area (Å²) in [5.74, 6) is -1.11. The second kappa shape index (κ2) is 6.07. The molecule has 1 aliphatic carbocycles. The van der Waals surface area contributed by atoms with Gasteiger partial charge >= 0.3 is 5.97 Å². The first-order valence-electron chi connectivity index (χ1n) is 7.05. The number of carbonyl (C=O) groups excluding carboxylic acids is 1. The molecule has 0 aromatic heterocycles. The van der Waals surface area contributed by atoms with E-state index in [1.165, 1.54) is 0 Å². The largest absolute Gasteiger partial charge is 0.479 e. The topological polar surface area (TPSA) is 66.8 Å². The Hall–Kier alpha value is -1.30. The molecule has 5 nitrogen and oxygen atoms in total. The third-order valence-corrected chi connectivity index (χ3v) is 4.69. The molecule has 1 saturated heterocycles. The minimum absolute atomic E-state index is 0.0226. The number of amides is 1. The molecule has 1 aromatic carbocycles.